The molecule has 2 aliphatic carbocycles. The molecule has 6 heterocycles. The molecule has 1 spiro atoms. The Kier molecular flexibility index (Phi) is 7.31. The zero-order valence-electron chi connectivity index (χ0n) is 26.4. The minimum atomic E-state index is -0.402. The maximum Gasteiger partial charge on any atom is 0.318 e. The molecule has 46 heavy (non-hydrogen) atoms. The molecule has 0 radical (unpaired) electrons. The second kappa shape index (κ2) is 11.4. The largest absolute Gasteiger partial charge is 0.466 e. The molecule has 0 bridgehead atoms. The number of likely N-dealkylation sites (tertiary alicyclic amines) is 1. The van der Waals surface area contributed by atoms with E-state index < -0.39 is 5.41 Å². The van der Waals surface area contributed by atoms with E-state index in [4.69, 9.17) is 39.8 Å². The summed E-state index contributed by atoms with van der Waals surface area (Å²) >= 11 is 1.55. The zero-order chi connectivity index (χ0) is 31.6. The van der Waals surface area contributed by atoms with Crippen LogP contribution in [0.3, 0.4) is 0 Å². The number of aliphatic imine (C=N–C) groups is 1. The summed E-state index contributed by atoms with van der Waals surface area (Å²) in [7, 11) is 2.13. The smallest absolute Gasteiger partial charge is 0.318 e. The standard InChI is InChI=1S/C34H39N8O3S/c1-4-24(23-9-7-14-41(23)3)44-33-27-32(42(19(2)37-27)17-20-11-15-43-18-20)38-31(39-33)28-21-8-5-12-34(29(21)40-45-28)13-6-10-25-26(34)22(16-35)30(36)46-25/h4,17,20,23-24H,1,5-15,18,36H2,2-3H3/q+1/b42-17+/t20?,23-,24-,34-/m0/s1. The van der Waals surface area contributed by atoms with Crippen molar-refractivity contribution in [3.05, 3.63) is 39.9 Å². The number of nitriles is 1. The van der Waals surface area contributed by atoms with E-state index in [1.807, 2.05) is 17.6 Å². The quantitative estimate of drug-likeness (QED) is 0.276. The number of aromatic nitrogens is 3. The van der Waals surface area contributed by atoms with E-state index in [-0.39, 0.29) is 18.1 Å². The van der Waals surface area contributed by atoms with Gasteiger partial charge in [0.05, 0.1) is 30.1 Å². The van der Waals surface area contributed by atoms with Crippen LogP contribution in [0.15, 0.2) is 22.2 Å². The van der Waals surface area contributed by atoms with Gasteiger partial charge < -0.3 is 19.7 Å². The van der Waals surface area contributed by atoms with Gasteiger partial charge in [-0.05, 0) is 83.0 Å². The maximum absolute atomic E-state index is 10.1. The molecule has 2 fully saturated rings. The van der Waals surface area contributed by atoms with Crippen LogP contribution in [0.5, 0.6) is 5.88 Å². The van der Waals surface area contributed by atoms with Crippen molar-refractivity contribution in [2.24, 2.45) is 10.9 Å². The molecule has 0 saturated carbocycles. The lowest BCUT2D eigenvalue weighted by Gasteiger charge is -2.39. The molecule has 2 N–H and O–H groups in total. The molecule has 2 saturated heterocycles. The van der Waals surface area contributed by atoms with Gasteiger partial charge in [-0.15, -0.1) is 11.3 Å². The third-order valence-corrected chi connectivity index (χ3v) is 11.6. The number of nitrogens with two attached hydrogens (primary N) is 1. The molecule has 238 valence electrons. The maximum atomic E-state index is 10.1. The van der Waals surface area contributed by atoms with E-state index in [1.54, 1.807) is 11.3 Å². The number of hydrogen-bond donors (Lipinski definition) is 1. The van der Waals surface area contributed by atoms with E-state index in [9.17, 15) is 5.26 Å². The Hall–Kier alpha value is -3.92. The van der Waals surface area contributed by atoms with Gasteiger partial charge in [0.2, 0.25) is 11.6 Å². The Bertz CT molecular complexity index is 1830. The summed E-state index contributed by atoms with van der Waals surface area (Å²) in [5.74, 6) is 3.12. The van der Waals surface area contributed by atoms with Crippen molar-refractivity contribution >= 4 is 39.9 Å². The topological polar surface area (TPSA) is 139 Å². The fraction of sp³-hybridized carbons (Fsp3) is 0.529. The van der Waals surface area contributed by atoms with Crippen molar-refractivity contribution < 1.29 is 18.6 Å². The predicted octanol–water partition coefficient (Wildman–Crippen LogP) is 5.45. The summed E-state index contributed by atoms with van der Waals surface area (Å²) in [5, 5.41) is 15.5. The highest BCUT2D eigenvalue weighted by Gasteiger charge is 2.49. The lowest BCUT2D eigenvalue weighted by atomic mass is 9.62. The Morgan fingerprint density at radius 2 is 2.09 bits per heavy atom. The molecular formula is C34H39N8O3S+. The summed E-state index contributed by atoms with van der Waals surface area (Å²) in [6.45, 7) is 8.53. The highest BCUT2D eigenvalue weighted by Crippen LogP contribution is 2.55. The molecule has 1 unspecified atom stereocenters. The van der Waals surface area contributed by atoms with Gasteiger partial charge in [0.1, 0.15) is 17.2 Å². The van der Waals surface area contributed by atoms with Gasteiger partial charge in [-0.25, -0.2) is 4.58 Å². The number of nitrogens with zero attached hydrogens (tertiary/aromatic N) is 7. The number of fused-ring (bicyclic) bond motifs is 5. The third-order valence-electron chi connectivity index (χ3n) is 10.5. The lowest BCUT2D eigenvalue weighted by molar-refractivity contribution is -0.304. The number of thiophene rings is 1. The van der Waals surface area contributed by atoms with E-state index in [0.717, 1.165) is 93.6 Å². The van der Waals surface area contributed by atoms with Crippen molar-refractivity contribution in [2.45, 2.75) is 82.3 Å². The van der Waals surface area contributed by atoms with Gasteiger partial charge >= 0.3 is 5.82 Å². The lowest BCUT2D eigenvalue weighted by Crippen LogP contribution is -2.38. The van der Waals surface area contributed by atoms with Crippen LogP contribution >= 0.6 is 11.3 Å². The fourth-order valence-electron chi connectivity index (χ4n) is 8.30. The van der Waals surface area contributed by atoms with E-state index >= 15 is 0 Å². The Balaban J connectivity index is 1.27. The van der Waals surface area contributed by atoms with Crippen LogP contribution in [-0.2, 0) is 23.0 Å². The fourth-order valence-corrected chi connectivity index (χ4v) is 9.46. The highest BCUT2D eigenvalue weighted by atomic mass is 32.1. The van der Waals surface area contributed by atoms with Crippen LogP contribution in [-0.4, -0.2) is 75.6 Å². The molecular weight excluding hydrogens is 600 g/mol. The number of amidine groups is 1. The minimum absolute atomic E-state index is 0.196. The third kappa shape index (κ3) is 4.54. The summed E-state index contributed by atoms with van der Waals surface area (Å²) in [5.41, 5.74) is 10.1. The molecule has 0 amide bonds. The van der Waals surface area contributed by atoms with Crippen LogP contribution in [0.4, 0.5) is 16.5 Å². The predicted molar refractivity (Wildman–Crippen MR) is 176 cm³/mol. The molecule has 3 aromatic rings. The number of ether oxygens (including phenoxy) is 2. The molecule has 8 rings (SSSR count). The minimum Gasteiger partial charge on any atom is -0.466 e. The highest BCUT2D eigenvalue weighted by molar-refractivity contribution is 7.16. The Morgan fingerprint density at radius 1 is 1.24 bits per heavy atom. The number of nitrogen functional groups attached to an aromatic ring is 1. The van der Waals surface area contributed by atoms with Crippen LogP contribution in [0.1, 0.15) is 79.1 Å². The second-order valence-electron chi connectivity index (χ2n) is 13.2. The van der Waals surface area contributed by atoms with Gasteiger partial charge in [-0.3, -0.25) is 4.90 Å². The average molecular weight is 640 g/mol. The van der Waals surface area contributed by atoms with Gasteiger partial charge in [-0.1, -0.05) is 21.7 Å². The van der Waals surface area contributed by atoms with Crippen LogP contribution in [0.25, 0.3) is 11.6 Å². The second-order valence-corrected chi connectivity index (χ2v) is 14.4. The molecule has 3 aromatic heterocycles. The first-order valence-electron chi connectivity index (χ1n) is 16.4. The summed E-state index contributed by atoms with van der Waals surface area (Å²) in [6, 6.07) is 2.61. The SMILES string of the molecule is C=C[C@H](Oc1nc(-c2onc3c2CCC[C@@]32CCCc3sc(N)c(C#N)c32)nc2c1N=C(C)/[N+]2=C\C1CCOC1)[C@@H]1CCCN1C. The van der Waals surface area contributed by atoms with Crippen LogP contribution in [0, 0.1) is 17.2 Å². The monoisotopic (exact) mass is 639 g/mol. The van der Waals surface area contributed by atoms with Gasteiger partial charge in [0, 0.05) is 35.3 Å². The molecule has 11 nitrogen and oxygen atoms in total. The first-order valence-corrected chi connectivity index (χ1v) is 17.2. The zero-order valence-corrected chi connectivity index (χ0v) is 27.2. The van der Waals surface area contributed by atoms with Crippen molar-refractivity contribution in [2.75, 3.05) is 32.5 Å². The van der Waals surface area contributed by atoms with Crippen LogP contribution < -0.4 is 10.5 Å². The molecule has 12 heteroatoms. The van der Waals surface area contributed by atoms with Gasteiger partial charge in [0.25, 0.3) is 17.4 Å². The molecule has 0 aromatic carbocycles. The number of rotatable bonds is 6. The Morgan fingerprint density at radius 3 is 2.83 bits per heavy atom. The van der Waals surface area contributed by atoms with Crippen LogP contribution in [0.2, 0.25) is 0 Å². The van der Waals surface area contributed by atoms with E-state index in [0.29, 0.717) is 46.1 Å². The van der Waals surface area contributed by atoms with Crippen molar-refractivity contribution in [3.8, 4) is 23.5 Å². The molecule has 5 aliphatic rings. The summed E-state index contributed by atoms with van der Waals surface area (Å²) < 4.78 is 20.6. The number of aryl methyl sites for hydroxylation is 1. The molecule has 4 atom stereocenters. The number of anilines is 1. The van der Waals surface area contributed by atoms with E-state index in [1.165, 1.54) is 4.88 Å². The summed E-state index contributed by atoms with van der Waals surface area (Å²) in [4.78, 5) is 18.6. The van der Waals surface area contributed by atoms with Crippen molar-refractivity contribution in [1.29, 1.82) is 5.26 Å². The number of likely N-dealkylation sites (N-methyl/N-ethyl adjacent to an activating group) is 1. The first kappa shape index (κ1) is 29.5. The van der Waals surface area contributed by atoms with Crippen molar-refractivity contribution in [1.82, 2.24) is 20.0 Å². The molecule has 3 aliphatic heterocycles. The first-order chi connectivity index (χ1) is 22.4. The normalized spacial score (nSPS) is 26.9. The average Bonchev–Trinajstić information content (AvgIpc) is 3.89. The van der Waals surface area contributed by atoms with Gasteiger partial charge in [-0.2, -0.15) is 10.2 Å². The summed E-state index contributed by atoms with van der Waals surface area (Å²) in [6.07, 6.45) is 12.3. The number of hydrogen-bond acceptors (Lipinski definition) is 11. The van der Waals surface area contributed by atoms with Gasteiger partial charge in [0.15, 0.2) is 0 Å². The van der Waals surface area contributed by atoms with Crippen molar-refractivity contribution in [3.63, 3.8) is 0 Å². The Labute approximate surface area is 272 Å². The van der Waals surface area contributed by atoms with E-state index in [2.05, 4.69) is 30.8 Å².